The fourth-order valence-corrected chi connectivity index (χ4v) is 1.84. The fraction of sp³-hybridized carbons (Fsp3) is 1.00. The molecule has 0 spiro atoms. The van der Waals surface area contributed by atoms with Crippen molar-refractivity contribution in [3.8, 4) is 0 Å². The van der Waals surface area contributed by atoms with Gasteiger partial charge in [-0.3, -0.25) is 4.55 Å². The molecule has 0 radical (unpaired) electrons. The Balaban J connectivity index is 3.53. The highest BCUT2D eigenvalue weighted by molar-refractivity contribution is 9.24. The molecule has 0 aliphatic heterocycles. The van der Waals surface area contributed by atoms with Crippen LogP contribution in [-0.2, 0) is 10.1 Å². The maximum Gasteiger partial charge on any atom is 0.264 e. The normalized spacial score (nSPS) is 12.4. The number of alkyl halides is 2. The molecule has 3 nitrogen and oxygen atoms in total. The van der Waals surface area contributed by atoms with Crippen LogP contribution in [0.1, 0.15) is 6.42 Å². The summed E-state index contributed by atoms with van der Waals surface area (Å²) in [6, 6.07) is 0. The maximum atomic E-state index is 10.0. The minimum Gasteiger partial charge on any atom is -0.286 e. The Morgan fingerprint density at radius 2 is 1.89 bits per heavy atom. The van der Waals surface area contributed by atoms with Crippen molar-refractivity contribution in [3.05, 3.63) is 0 Å². The predicted molar refractivity (Wildman–Crippen MR) is 42.7 cm³/mol. The highest BCUT2D eigenvalue weighted by Gasteiger charge is 2.06. The van der Waals surface area contributed by atoms with Gasteiger partial charge in [0, 0.05) is 0 Å². The fourth-order valence-electron chi connectivity index (χ4n) is 0.238. The van der Waals surface area contributed by atoms with Crippen molar-refractivity contribution in [1.29, 1.82) is 0 Å². The molecule has 0 saturated heterocycles. The van der Waals surface area contributed by atoms with E-state index in [9.17, 15) is 8.42 Å². The van der Waals surface area contributed by atoms with Gasteiger partial charge in [0.1, 0.15) is 0 Å². The first kappa shape index (κ1) is 9.87. The van der Waals surface area contributed by atoms with Crippen LogP contribution < -0.4 is 0 Å². The van der Waals surface area contributed by atoms with Crippen molar-refractivity contribution < 1.29 is 13.0 Å². The largest absolute Gasteiger partial charge is 0.286 e. The van der Waals surface area contributed by atoms with E-state index in [1.54, 1.807) is 0 Å². The van der Waals surface area contributed by atoms with E-state index >= 15 is 0 Å². The topological polar surface area (TPSA) is 54.4 Å². The minimum atomic E-state index is -3.78. The highest BCUT2D eigenvalue weighted by atomic mass is 79.9. The molecule has 0 bridgehead atoms. The molecule has 0 fully saturated rings. The summed E-state index contributed by atoms with van der Waals surface area (Å²) in [6.07, 6.45) is 0.360. The third-order valence-corrected chi connectivity index (χ3v) is 2.26. The summed E-state index contributed by atoms with van der Waals surface area (Å²) in [5, 5.41) is 0. The Morgan fingerprint density at radius 3 is 2.00 bits per heavy atom. The summed E-state index contributed by atoms with van der Waals surface area (Å²) < 4.78 is 28.2. The SMILES string of the molecule is O=S(=O)(O)CCC(Br)Br. The zero-order chi connectivity index (χ0) is 7.49. The van der Waals surface area contributed by atoms with Crippen LogP contribution in [0.4, 0.5) is 0 Å². The zero-order valence-electron chi connectivity index (χ0n) is 4.42. The van der Waals surface area contributed by atoms with E-state index in [0.717, 1.165) is 0 Å². The summed E-state index contributed by atoms with van der Waals surface area (Å²) in [4.78, 5) is 0. The molecule has 1 N–H and O–H groups in total. The van der Waals surface area contributed by atoms with E-state index in [2.05, 4.69) is 31.9 Å². The van der Waals surface area contributed by atoms with Crippen LogP contribution >= 0.6 is 31.9 Å². The standard InChI is InChI=1S/C3H6Br2O3S/c4-3(5)1-2-9(6,7)8/h3H,1-2H2,(H,6,7,8). The summed E-state index contributed by atoms with van der Waals surface area (Å²) >= 11 is 6.14. The lowest BCUT2D eigenvalue weighted by atomic mass is 10.6. The highest BCUT2D eigenvalue weighted by Crippen LogP contribution is 2.12. The Morgan fingerprint density at radius 1 is 1.44 bits per heavy atom. The minimum absolute atomic E-state index is 0.0491. The lowest BCUT2D eigenvalue weighted by Gasteiger charge is -1.96. The monoisotopic (exact) mass is 280 g/mol. The van der Waals surface area contributed by atoms with E-state index in [-0.39, 0.29) is 9.49 Å². The second-order valence-electron chi connectivity index (χ2n) is 1.47. The van der Waals surface area contributed by atoms with Crippen LogP contribution in [0, 0.1) is 0 Å². The Bertz CT molecular complexity index is 162. The van der Waals surface area contributed by atoms with Gasteiger partial charge < -0.3 is 0 Å². The van der Waals surface area contributed by atoms with E-state index < -0.39 is 10.1 Å². The van der Waals surface area contributed by atoms with Crippen molar-refractivity contribution in [2.75, 3.05) is 5.75 Å². The molecular formula is C3H6Br2O3S. The summed E-state index contributed by atoms with van der Waals surface area (Å²) in [5.74, 6) is -0.214. The van der Waals surface area contributed by atoms with Crippen molar-refractivity contribution in [3.63, 3.8) is 0 Å². The molecule has 0 aliphatic carbocycles. The third-order valence-electron chi connectivity index (χ3n) is 0.594. The average Bonchev–Trinajstić information content (AvgIpc) is 1.59. The third kappa shape index (κ3) is 8.87. The Hall–Kier alpha value is 0.870. The van der Waals surface area contributed by atoms with Crippen molar-refractivity contribution >= 4 is 42.0 Å². The molecule has 0 heterocycles. The summed E-state index contributed by atoms with van der Waals surface area (Å²) in [7, 11) is -3.78. The molecule has 0 rings (SSSR count). The summed E-state index contributed by atoms with van der Waals surface area (Å²) in [6.45, 7) is 0. The van der Waals surface area contributed by atoms with Crippen LogP contribution in [0.5, 0.6) is 0 Å². The second-order valence-corrected chi connectivity index (χ2v) is 6.48. The molecule has 0 aliphatic rings. The van der Waals surface area contributed by atoms with Crippen LogP contribution in [-0.4, -0.2) is 22.5 Å². The predicted octanol–water partition coefficient (Wildman–Crippen LogP) is 1.38. The van der Waals surface area contributed by atoms with Crippen molar-refractivity contribution in [2.45, 2.75) is 10.2 Å². The van der Waals surface area contributed by atoms with E-state index in [1.807, 2.05) is 0 Å². The molecule has 56 valence electrons. The van der Waals surface area contributed by atoms with E-state index in [4.69, 9.17) is 4.55 Å². The first-order valence-corrected chi connectivity index (χ1v) is 5.59. The lowest BCUT2D eigenvalue weighted by Crippen LogP contribution is -2.05. The number of rotatable bonds is 3. The van der Waals surface area contributed by atoms with Gasteiger partial charge >= 0.3 is 0 Å². The smallest absolute Gasteiger partial charge is 0.264 e. The van der Waals surface area contributed by atoms with E-state index in [0.29, 0.717) is 6.42 Å². The average molecular weight is 282 g/mol. The van der Waals surface area contributed by atoms with Gasteiger partial charge in [-0.1, -0.05) is 31.9 Å². The number of hydrogen-bond donors (Lipinski definition) is 1. The number of hydrogen-bond acceptors (Lipinski definition) is 2. The van der Waals surface area contributed by atoms with Gasteiger partial charge in [-0.2, -0.15) is 8.42 Å². The van der Waals surface area contributed by atoms with Gasteiger partial charge in [0.2, 0.25) is 0 Å². The van der Waals surface area contributed by atoms with Gasteiger partial charge in [0.15, 0.2) is 0 Å². The Labute approximate surface area is 70.8 Å². The molecule has 0 aromatic rings. The molecule has 6 heteroatoms. The second kappa shape index (κ2) is 3.90. The van der Waals surface area contributed by atoms with Gasteiger partial charge in [-0.25, -0.2) is 0 Å². The molecule has 0 aromatic heterocycles. The first-order valence-electron chi connectivity index (χ1n) is 2.15. The van der Waals surface area contributed by atoms with Crippen LogP contribution in [0.3, 0.4) is 0 Å². The molecule has 0 amide bonds. The quantitative estimate of drug-likeness (QED) is 0.628. The number of halogens is 2. The van der Waals surface area contributed by atoms with Gasteiger partial charge in [0.05, 0.1) is 9.49 Å². The molecule has 9 heavy (non-hydrogen) atoms. The molecule has 0 aromatic carbocycles. The first-order chi connectivity index (χ1) is 3.92. The van der Waals surface area contributed by atoms with Crippen LogP contribution in [0.2, 0.25) is 0 Å². The van der Waals surface area contributed by atoms with Crippen molar-refractivity contribution in [2.24, 2.45) is 0 Å². The lowest BCUT2D eigenvalue weighted by molar-refractivity contribution is 0.482. The Kier molecular flexibility index (Phi) is 4.28. The molecule has 0 saturated carbocycles. The van der Waals surface area contributed by atoms with E-state index in [1.165, 1.54) is 0 Å². The molecular weight excluding hydrogens is 276 g/mol. The van der Waals surface area contributed by atoms with Gasteiger partial charge in [0.25, 0.3) is 10.1 Å². The van der Waals surface area contributed by atoms with Crippen LogP contribution in [0.15, 0.2) is 0 Å². The van der Waals surface area contributed by atoms with Gasteiger partial charge in [-0.05, 0) is 6.42 Å². The van der Waals surface area contributed by atoms with Gasteiger partial charge in [-0.15, -0.1) is 0 Å². The molecule has 0 atom stereocenters. The van der Waals surface area contributed by atoms with Crippen LogP contribution in [0.25, 0.3) is 0 Å². The maximum absolute atomic E-state index is 10.0. The zero-order valence-corrected chi connectivity index (χ0v) is 8.41. The molecule has 0 unspecified atom stereocenters. The van der Waals surface area contributed by atoms with Crippen molar-refractivity contribution in [1.82, 2.24) is 0 Å². The summed E-state index contributed by atoms with van der Waals surface area (Å²) in [5.41, 5.74) is 0.